The summed E-state index contributed by atoms with van der Waals surface area (Å²) in [6.45, 7) is 8.18. The first-order valence-corrected chi connectivity index (χ1v) is 7.08. The van der Waals surface area contributed by atoms with Crippen molar-refractivity contribution in [1.29, 1.82) is 0 Å². The predicted octanol–water partition coefficient (Wildman–Crippen LogP) is 1.01. The van der Waals surface area contributed by atoms with Gasteiger partial charge in [0.15, 0.2) is 0 Å². The van der Waals surface area contributed by atoms with Crippen molar-refractivity contribution in [1.82, 2.24) is 9.80 Å². The predicted molar refractivity (Wildman–Crippen MR) is 76.8 cm³/mol. The zero-order valence-corrected chi connectivity index (χ0v) is 12.8. The van der Waals surface area contributed by atoms with Crippen molar-refractivity contribution < 1.29 is 4.74 Å². The van der Waals surface area contributed by atoms with E-state index in [9.17, 15) is 0 Å². The minimum atomic E-state index is -0.00801. The SMILES string of the molecule is COCC(CN)(C(C)C)N1CCCC1CN(C)C. The van der Waals surface area contributed by atoms with Gasteiger partial charge < -0.3 is 15.4 Å². The quantitative estimate of drug-likeness (QED) is 0.739. The van der Waals surface area contributed by atoms with Crippen LogP contribution in [-0.4, -0.2) is 68.8 Å². The van der Waals surface area contributed by atoms with E-state index in [1.807, 2.05) is 0 Å². The average molecular weight is 257 g/mol. The van der Waals surface area contributed by atoms with Crippen LogP contribution in [-0.2, 0) is 4.74 Å². The Balaban J connectivity index is 2.89. The smallest absolute Gasteiger partial charge is 0.0661 e. The Kier molecular flexibility index (Phi) is 6.05. The van der Waals surface area contributed by atoms with Crippen molar-refractivity contribution in [3.05, 3.63) is 0 Å². The van der Waals surface area contributed by atoms with Crippen LogP contribution in [0.3, 0.4) is 0 Å². The highest BCUT2D eigenvalue weighted by molar-refractivity contribution is 5.00. The van der Waals surface area contributed by atoms with Gasteiger partial charge in [0.05, 0.1) is 12.1 Å². The molecule has 2 N–H and O–H groups in total. The van der Waals surface area contributed by atoms with Crippen LogP contribution in [0.5, 0.6) is 0 Å². The summed E-state index contributed by atoms with van der Waals surface area (Å²) in [7, 11) is 6.07. The van der Waals surface area contributed by atoms with Crippen LogP contribution >= 0.6 is 0 Å². The van der Waals surface area contributed by atoms with E-state index >= 15 is 0 Å². The molecule has 0 aromatic rings. The highest BCUT2D eigenvalue weighted by Gasteiger charge is 2.44. The third-order valence-corrected chi connectivity index (χ3v) is 4.35. The Bertz CT molecular complexity index is 245. The van der Waals surface area contributed by atoms with Crippen LogP contribution in [0.2, 0.25) is 0 Å². The van der Waals surface area contributed by atoms with Gasteiger partial charge in [0.1, 0.15) is 0 Å². The lowest BCUT2D eigenvalue weighted by Gasteiger charge is -2.47. The molecule has 0 aliphatic carbocycles. The summed E-state index contributed by atoms with van der Waals surface area (Å²) in [5, 5.41) is 0. The largest absolute Gasteiger partial charge is 0.383 e. The molecular formula is C14H31N3O. The van der Waals surface area contributed by atoms with Crippen molar-refractivity contribution in [2.24, 2.45) is 11.7 Å². The van der Waals surface area contributed by atoms with Crippen molar-refractivity contribution >= 4 is 0 Å². The fourth-order valence-electron chi connectivity index (χ4n) is 3.28. The van der Waals surface area contributed by atoms with Gasteiger partial charge in [0, 0.05) is 26.2 Å². The molecule has 0 bridgehead atoms. The second-order valence-corrected chi connectivity index (χ2v) is 6.15. The summed E-state index contributed by atoms with van der Waals surface area (Å²) in [6, 6.07) is 0.612. The summed E-state index contributed by atoms with van der Waals surface area (Å²) in [5.74, 6) is 0.505. The number of rotatable bonds is 7. The molecule has 4 heteroatoms. The van der Waals surface area contributed by atoms with Gasteiger partial charge in [-0.1, -0.05) is 13.8 Å². The van der Waals surface area contributed by atoms with Gasteiger partial charge in [0.25, 0.3) is 0 Å². The summed E-state index contributed by atoms with van der Waals surface area (Å²) in [4.78, 5) is 4.89. The van der Waals surface area contributed by atoms with Crippen molar-refractivity contribution in [2.45, 2.75) is 38.3 Å². The van der Waals surface area contributed by atoms with Gasteiger partial charge in [-0.2, -0.15) is 0 Å². The van der Waals surface area contributed by atoms with Gasteiger partial charge in [-0.25, -0.2) is 0 Å². The summed E-state index contributed by atoms with van der Waals surface area (Å²) >= 11 is 0. The maximum atomic E-state index is 6.13. The van der Waals surface area contributed by atoms with Crippen LogP contribution in [0.4, 0.5) is 0 Å². The molecule has 2 atom stereocenters. The molecule has 1 rings (SSSR count). The molecular weight excluding hydrogens is 226 g/mol. The van der Waals surface area contributed by atoms with E-state index in [0.717, 1.165) is 19.7 Å². The average Bonchev–Trinajstić information content (AvgIpc) is 2.73. The lowest BCUT2D eigenvalue weighted by molar-refractivity contribution is -0.0278. The monoisotopic (exact) mass is 257 g/mol. The Hall–Kier alpha value is -0.160. The van der Waals surface area contributed by atoms with Crippen LogP contribution in [0.15, 0.2) is 0 Å². The van der Waals surface area contributed by atoms with E-state index in [4.69, 9.17) is 10.5 Å². The number of nitrogens with two attached hydrogens (primary N) is 1. The third-order valence-electron chi connectivity index (χ3n) is 4.35. The number of likely N-dealkylation sites (N-methyl/N-ethyl adjacent to an activating group) is 1. The Morgan fingerprint density at radius 2 is 2.11 bits per heavy atom. The molecule has 18 heavy (non-hydrogen) atoms. The Labute approximate surface area is 112 Å². The number of hydrogen-bond acceptors (Lipinski definition) is 4. The maximum absolute atomic E-state index is 6.13. The highest BCUT2D eigenvalue weighted by atomic mass is 16.5. The highest BCUT2D eigenvalue weighted by Crippen LogP contribution is 2.32. The summed E-state index contributed by atoms with van der Waals surface area (Å²) in [6.07, 6.45) is 2.55. The minimum Gasteiger partial charge on any atom is -0.383 e. The molecule has 0 radical (unpaired) electrons. The summed E-state index contributed by atoms with van der Waals surface area (Å²) < 4.78 is 5.49. The first-order chi connectivity index (χ1) is 8.47. The van der Waals surface area contributed by atoms with E-state index < -0.39 is 0 Å². The van der Waals surface area contributed by atoms with E-state index in [-0.39, 0.29) is 5.54 Å². The second-order valence-electron chi connectivity index (χ2n) is 6.15. The molecule has 1 aliphatic heterocycles. The maximum Gasteiger partial charge on any atom is 0.0661 e. The number of methoxy groups -OCH3 is 1. The molecule has 1 saturated heterocycles. The molecule has 0 spiro atoms. The van der Waals surface area contributed by atoms with E-state index in [1.165, 1.54) is 12.8 Å². The standard InChI is InChI=1S/C14H31N3O/c1-12(2)14(10-15,11-18-5)17-8-6-7-13(17)9-16(3)4/h12-13H,6-11,15H2,1-5H3. The fourth-order valence-corrected chi connectivity index (χ4v) is 3.28. The molecule has 1 heterocycles. The van der Waals surface area contributed by atoms with Crippen molar-refractivity contribution in [3.63, 3.8) is 0 Å². The molecule has 108 valence electrons. The van der Waals surface area contributed by atoms with Crippen molar-refractivity contribution in [2.75, 3.05) is 47.4 Å². The molecule has 1 fully saturated rings. The lowest BCUT2D eigenvalue weighted by atomic mass is 9.84. The van der Waals surface area contributed by atoms with Crippen LogP contribution in [0.1, 0.15) is 26.7 Å². The zero-order chi connectivity index (χ0) is 13.8. The normalized spacial score (nSPS) is 25.0. The van der Waals surface area contributed by atoms with Gasteiger partial charge >= 0.3 is 0 Å². The minimum absolute atomic E-state index is 0.00801. The number of likely N-dealkylation sites (tertiary alicyclic amines) is 1. The van der Waals surface area contributed by atoms with Gasteiger partial charge in [-0.05, 0) is 39.4 Å². The van der Waals surface area contributed by atoms with Crippen LogP contribution in [0.25, 0.3) is 0 Å². The molecule has 2 unspecified atom stereocenters. The lowest BCUT2D eigenvalue weighted by Crippen LogP contribution is -2.62. The number of hydrogen-bond donors (Lipinski definition) is 1. The first kappa shape index (κ1) is 15.9. The molecule has 0 aromatic carbocycles. The van der Waals surface area contributed by atoms with Gasteiger partial charge in [0.2, 0.25) is 0 Å². The number of nitrogens with zero attached hydrogens (tertiary/aromatic N) is 2. The first-order valence-electron chi connectivity index (χ1n) is 7.08. The topological polar surface area (TPSA) is 41.7 Å². The van der Waals surface area contributed by atoms with E-state index in [1.54, 1.807) is 7.11 Å². The Morgan fingerprint density at radius 1 is 1.44 bits per heavy atom. The third kappa shape index (κ3) is 3.23. The van der Waals surface area contributed by atoms with Gasteiger partial charge in [-0.15, -0.1) is 0 Å². The molecule has 0 amide bonds. The fraction of sp³-hybridized carbons (Fsp3) is 1.00. The molecule has 0 saturated carbocycles. The molecule has 0 aromatic heterocycles. The Morgan fingerprint density at radius 3 is 2.56 bits per heavy atom. The zero-order valence-electron chi connectivity index (χ0n) is 12.8. The molecule has 1 aliphatic rings. The van der Waals surface area contributed by atoms with E-state index in [0.29, 0.717) is 18.5 Å². The second kappa shape index (κ2) is 6.85. The van der Waals surface area contributed by atoms with Crippen LogP contribution in [0, 0.1) is 5.92 Å². The van der Waals surface area contributed by atoms with E-state index in [2.05, 4.69) is 37.7 Å². The van der Waals surface area contributed by atoms with Crippen molar-refractivity contribution in [3.8, 4) is 0 Å². The number of ether oxygens (including phenoxy) is 1. The van der Waals surface area contributed by atoms with Gasteiger partial charge in [-0.3, -0.25) is 4.90 Å². The van der Waals surface area contributed by atoms with Crippen LogP contribution < -0.4 is 5.73 Å². The summed E-state index contributed by atoms with van der Waals surface area (Å²) in [5.41, 5.74) is 6.12. The molecule has 4 nitrogen and oxygen atoms in total.